The number of nitrogens with one attached hydrogen (secondary N) is 1. The molecule has 2 aliphatic heterocycles. The molecule has 2 heterocycles. The van der Waals surface area contributed by atoms with Gasteiger partial charge < -0.3 is 10.2 Å². The molecule has 0 aromatic heterocycles. The van der Waals surface area contributed by atoms with E-state index in [1.807, 2.05) is 18.7 Å². The second-order valence-electron chi connectivity index (χ2n) is 6.02. The highest BCUT2D eigenvalue weighted by molar-refractivity contribution is 5.78. The van der Waals surface area contributed by atoms with Gasteiger partial charge in [-0.05, 0) is 39.2 Å². The molecule has 0 aliphatic carbocycles. The Bertz CT molecular complexity index is 328. The number of piperidine rings is 1. The monoisotopic (exact) mass is 265 g/mol. The Morgan fingerprint density at radius 1 is 1.47 bits per heavy atom. The maximum absolute atomic E-state index is 12.3. The lowest BCUT2D eigenvalue weighted by molar-refractivity contribution is -0.131. The Hall–Kier alpha value is -0.870. The molecule has 4 heteroatoms. The molecule has 2 rings (SSSR count). The Morgan fingerprint density at radius 3 is 2.89 bits per heavy atom. The number of amides is 1. The van der Waals surface area contributed by atoms with E-state index in [1.165, 1.54) is 12.8 Å². The smallest absolute Gasteiger partial charge is 0.237 e. The highest BCUT2D eigenvalue weighted by atomic mass is 16.2. The van der Waals surface area contributed by atoms with Gasteiger partial charge in [-0.15, -0.1) is 0 Å². The topological polar surface area (TPSA) is 35.6 Å². The molecule has 0 saturated carbocycles. The van der Waals surface area contributed by atoms with Gasteiger partial charge in [0.25, 0.3) is 0 Å². The fourth-order valence-electron chi connectivity index (χ4n) is 3.26. The largest absolute Gasteiger partial charge is 0.338 e. The number of nitrogens with zero attached hydrogens (tertiary/aromatic N) is 2. The van der Waals surface area contributed by atoms with Crippen LogP contribution < -0.4 is 5.32 Å². The molecule has 0 radical (unpaired) electrons. The van der Waals surface area contributed by atoms with Crippen molar-refractivity contribution in [2.45, 2.75) is 32.7 Å². The van der Waals surface area contributed by atoms with Crippen LogP contribution in [0, 0.1) is 5.92 Å². The van der Waals surface area contributed by atoms with Crippen LogP contribution in [0.4, 0.5) is 0 Å². The Kier molecular flexibility index (Phi) is 4.99. The molecule has 0 bridgehead atoms. The standard InChI is InChI=1S/C15H27N3O/c1-4-18(8-12(2)3)15(19)11-17-9-13-6-5-7-16-14(13)10-17/h13-14,16H,2,4-11H2,1,3H3/t13-,14+/m0/s1. The van der Waals surface area contributed by atoms with Crippen molar-refractivity contribution in [1.82, 2.24) is 15.1 Å². The van der Waals surface area contributed by atoms with Crippen LogP contribution in [-0.2, 0) is 4.79 Å². The van der Waals surface area contributed by atoms with Crippen molar-refractivity contribution in [3.8, 4) is 0 Å². The second-order valence-corrected chi connectivity index (χ2v) is 6.02. The quantitative estimate of drug-likeness (QED) is 0.756. The molecular formula is C15H27N3O. The van der Waals surface area contributed by atoms with Crippen molar-refractivity contribution in [2.75, 3.05) is 39.3 Å². The summed E-state index contributed by atoms with van der Waals surface area (Å²) in [5.74, 6) is 0.988. The highest BCUT2D eigenvalue weighted by Gasteiger charge is 2.35. The van der Waals surface area contributed by atoms with Gasteiger partial charge in [0.1, 0.15) is 0 Å². The van der Waals surface area contributed by atoms with Gasteiger partial charge in [0.15, 0.2) is 0 Å². The van der Waals surface area contributed by atoms with E-state index in [0.717, 1.165) is 37.7 Å². The number of carbonyl (C=O) groups excluding carboxylic acids is 1. The van der Waals surface area contributed by atoms with E-state index < -0.39 is 0 Å². The average Bonchev–Trinajstić information content (AvgIpc) is 2.77. The summed E-state index contributed by atoms with van der Waals surface area (Å²) >= 11 is 0. The summed E-state index contributed by atoms with van der Waals surface area (Å²) in [5.41, 5.74) is 1.05. The third-order valence-electron chi connectivity index (χ3n) is 4.23. The molecular weight excluding hydrogens is 238 g/mol. The van der Waals surface area contributed by atoms with E-state index in [2.05, 4.69) is 16.8 Å². The molecule has 2 aliphatic rings. The summed E-state index contributed by atoms with van der Waals surface area (Å²) in [5, 5.41) is 3.58. The van der Waals surface area contributed by atoms with Crippen LogP contribution in [0.1, 0.15) is 26.7 Å². The van der Waals surface area contributed by atoms with Gasteiger partial charge in [-0.25, -0.2) is 0 Å². The fourth-order valence-corrected chi connectivity index (χ4v) is 3.26. The molecule has 1 amide bonds. The summed E-state index contributed by atoms with van der Waals surface area (Å²) in [7, 11) is 0. The van der Waals surface area contributed by atoms with Gasteiger partial charge in [-0.2, -0.15) is 0 Å². The Labute approximate surface area is 116 Å². The van der Waals surface area contributed by atoms with E-state index in [-0.39, 0.29) is 5.91 Å². The SMILES string of the molecule is C=C(C)CN(CC)C(=O)CN1C[C@@H]2CCCN[C@@H]2C1. The molecule has 108 valence electrons. The minimum absolute atomic E-state index is 0.240. The van der Waals surface area contributed by atoms with Gasteiger partial charge >= 0.3 is 0 Å². The first-order chi connectivity index (χ1) is 9.10. The van der Waals surface area contributed by atoms with Gasteiger partial charge in [-0.3, -0.25) is 9.69 Å². The molecule has 0 spiro atoms. The number of carbonyl (C=O) groups is 1. The molecule has 2 saturated heterocycles. The molecule has 1 N–H and O–H groups in total. The summed E-state index contributed by atoms with van der Waals surface area (Å²) in [4.78, 5) is 16.5. The van der Waals surface area contributed by atoms with Crippen molar-refractivity contribution in [1.29, 1.82) is 0 Å². The molecule has 19 heavy (non-hydrogen) atoms. The van der Waals surface area contributed by atoms with Crippen LogP contribution in [-0.4, -0.2) is 61.0 Å². The number of likely N-dealkylation sites (tertiary alicyclic amines) is 1. The van der Waals surface area contributed by atoms with Gasteiger partial charge in [0.05, 0.1) is 6.54 Å². The summed E-state index contributed by atoms with van der Waals surface area (Å²) in [6.07, 6.45) is 2.59. The van der Waals surface area contributed by atoms with Gasteiger partial charge in [-0.1, -0.05) is 12.2 Å². The van der Waals surface area contributed by atoms with E-state index in [0.29, 0.717) is 19.1 Å². The second kappa shape index (κ2) is 6.53. The zero-order chi connectivity index (χ0) is 13.8. The molecule has 0 aromatic carbocycles. The van der Waals surface area contributed by atoms with Crippen molar-refractivity contribution < 1.29 is 4.79 Å². The van der Waals surface area contributed by atoms with Crippen molar-refractivity contribution in [2.24, 2.45) is 5.92 Å². The fraction of sp³-hybridized carbons (Fsp3) is 0.800. The van der Waals surface area contributed by atoms with E-state index in [1.54, 1.807) is 0 Å². The number of hydrogen-bond donors (Lipinski definition) is 1. The molecule has 0 aromatic rings. The molecule has 4 nitrogen and oxygen atoms in total. The van der Waals surface area contributed by atoms with E-state index in [4.69, 9.17) is 0 Å². The normalized spacial score (nSPS) is 27.1. The van der Waals surface area contributed by atoms with Crippen LogP contribution in [0.15, 0.2) is 12.2 Å². The minimum Gasteiger partial charge on any atom is -0.338 e. The van der Waals surface area contributed by atoms with Crippen LogP contribution in [0.3, 0.4) is 0 Å². The number of rotatable bonds is 5. The predicted molar refractivity (Wildman–Crippen MR) is 78.0 cm³/mol. The Morgan fingerprint density at radius 2 is 2.26 bits per heavy atom. The average molecular weight is 265 g/mol. The third kappa shape index (κ3) is 3.80. The van der Waals surface area contributed by atoms with Crippen molar-refractivity contribution >= 4 is 5.91 Å². The van der Waals surface area contributed by atoms with Gasteiger partial charge in [0.2, 0.25) is 5.91 Å². The lowest BCUT2D eigenvalue weighted by Gasteiger charge is -2.25. The third-order valence-corrected chi connectivity index (χ3v) is 4.23. The number of hydrogen-bond acceptors (Lipinski definition) is 3. The first-order valence-corrected chi connectivity index (χ1v) is 7.48. The highest BCUT2D eigenvalue weighted by Crippen LogP contribution is 2.24. The maximum atomic E-state index is 12.3. The van der Waals surface area contributed by atoms with E-state index in [9.17, 15) is 4.79 Å². The zero-order valence-electron chi connectivity index (χ0n) is 12.3. The zero-order valence-corrected chi connectivity index (χ0v) is 12.3. The maximum Gasteiger partial charge on any atom is 0.237 e. The van der Waals surface area contributed by atoms with Crippen LogP contribution >= 0.6 is 0 Å². The summed E-state index contributed by atoms with van der Waals surface area (Å²) < 4.78 is 0. The van der Waals surface area contributed by atoms with Crippen molar-refractivity contribution in [3.63, 3.8) is 0 Å². The van der Waals surface area contributed by atoms with Crippen molar-refractivity contribution in [3.05, 3.63) is 12.2 Å². The van der Waals surface area contributed by atoms with Crippen LogP contribution in [0.5, 0.6) is 0 Å². The lowest BCUT2D eigenvalue weighted by atomic mass is 9.94. The van der Waals surface area contributed by atoms with Gasteiger partial charge in [0, 0.05) is 32.2 Å². The molecule has 0 unspecified atom stereocenters. The predicted octanol–water partition coefficient (Wildman–Crippen LogP) is 1.09. The van der Waals surface area contributed by atoms with E-state index >= 15 is 0 Å². The molecule has 2 atom stereocenters. The number of likely N-dealkylation sites (N-methyl/N-ethyl adjacent to an activating group) is 1. The summed E-state index contributed by atoms with van der Waals surface area (Å²) in [6, 6.07) is 0.609. The van der Waals surface area contributed by atoms with Crippen LogP contribution in [0.25, 0.3) is 0 Å². The number of fused-ring (bicyclic) bond motifs is 1. The summed E-state index contributed by atoms with van der Waals surface area (Å²) in [6.45, 7) is 13.2. The first-order valence-electron chi connectivity index (χ1n) is 7.48. The van der Waals surface area contributed by atoms with Crippen LogP contribution in [0.2, 0.25) is 0 Å². The Balaban J connectivity index is 1.83. The molecule has 2 fully saturated rings. The minimum atomic E-state index is 0.240. The lowest BCUT2D eigenvalue weighted by Crippen LogP contribution is -2.42. The first kappa shape index (κ1) is 14.5.